The molecule has 3 aromatic carbocycles. The lowest BCUT2D eigenvalue weighted by Gasteiger charge is -2.10. The van der Waals surface area contributed by atoms with Crippen molar-refractivity contribution in [3.05, 3.63) is 96.1 Å². The topological polar surface area (TPSA) is 50.4 Å². The predicted octanol–water partition coefficient (Wildman–Crippen LogP) is 4.13. The van der Waals surface area contributed by atoms with Crippen molar-refractivity contribution < 1.29 is 0 Å². The molecule has 3 N–H and O–H groups in total. The highest BCUT2D eigenvalue weighted by molar-refractivity contribution is 6.15. The van der Waals surface area contributed by atoms with Crippen LogP contribution in [0.4, 0.5) is 11.4 Å². The average molecular weight is 287 g/mol. The molecule has 0 bridgehead atoms. The Labute approximate surface area is 130 Å². The molecule has 0 radical (unpaired) electrons. The van der Waals surface area contributed by atoms with Gasteiger partial charge < -0.3 is 5.73 Å². The minimum atomic E-state index is 0.708. The van der Waals surface area contributed by atoms with E-state index in [1.54, 1.807) is 0 Å². The highest BCUT2D eigenvalue weighted by atomic mass is 15.3. The molecule has 22 heavy (non-hydrogen) atoms. The average Bonchev–Trinajstić information content (AvgIpc) is 2.58. The van der Waals surface area contributed by atoms with Gasteiger partial charge in [0.05, 0.1) is 11.4 Å². The fourth-order valence-corrected chi connectivity index (χ4v) is 2.22. The van der Waals surface area contributed by atoms with Crippen molar-refractivity contribution in [2.24, 2.45) is 5.10 Å². The first-order valence-electron chi connectivity index (χ1n) is 7.13. The van der Waals surface area contributed by atoms with E-state index in [1.165, 1.54) is 0 Å². The van der Waals surface area contributed by atoms with Crippen LogP contribution in [0.15, 0.2) is 90.0 Å². The molecular formula is C19H17N3. The maximum atomic E-state index is 6.12. The lowest BCUT2D eigenvalue weighted by molar-refractivity contribution is 1.32. The maximum absolute atomic E-state index is 6.12. The number of nitrogen functional groups attached to an aromatic ring is 1. The highest BCUT2D eigenvalue weighted by Gasteiger charge is 2.09. The first-order valence-corrected chi connectivity index (χ1v) is 7.13. The van der Waals surface area contributed by atoms with Gasteiger partial charge >= 0.3 is 0 Å². The normalized spacial score (nSPS) is 11.2. The highest BCUT2D eigenvalue weighted by Crippen LogP contribution is 2.18. The van der Waals surface area contributed by atoms with Crippen LogP contribution in [0.1, 0.15) is 11.1 Å². The maximum Gasteiger partial charge on any atom is 0.0998 e. The molecule has 0 atom stereocenters. The van der Waals surface area contributed by atoms with Gasteiger partial charge in [0.15, 0.2) is 0 Å². The summed E-state index contributed by atoms with van der Waals surface area (Å²) in [5.41, 5.74) is 13.6. The molecule has 3 heteroatoms. The van der Waals surface area contributed by atoms with E-state index in [0.717, 1.165) is 22.5 Å². The molecule has 3 rings (SSSR count). The van der Waals surface area contributed by atoms with Crippen molar-refractivity contribution in [2.45, 2.75) is 0 Å². The second-order valence-electron chi connectivity index (χ2n) is 4.89. The Morgan fingerprint density at radius 2 is 1.32 bits per heavy atom. The Morgan fingerprint density at radius 1 is 0.727 bits per heavy atom. The number of benzene rings is 3. The number of hydrogen-bond acceptors (Lipinski definition) is 3. The van der Waals surface area contributed by atoms with Gasteiger partial charge in [-0.3, -0.25) is 5.43 Å². The van der Waals surface area contributed by atoms with Crippen LogP contribution in [0.2, 0.25) is 0 Å². The van der Waals surface area contributed by atoms with Crippen molar-refractivity contribution >= 4 is 17.1 Å². The first kappa shape index (κ1) is 13.9. The van der Waals surface area contributed by atoms with Crippen molar-refractivity contribution in [1.82, 2.24) is 0 Å². The van der Waals surface area contributed by atoms with Crippen molar-refractivity contribution in [3.8, 4) is 0 Å². The Balaban J connectivity index is 2.02. The van der Waals surface area contributed by atoms with E-state index in [-0.39, 0.29) is 0 Å². The third-order valence-corrected chi connectivity index (χ3v) is 3.33. The molecule has 0 saturated carbocycles. The van der Waals surface area contributed by atoms with Crippen LogP contribution in [0.3, 0.4) is 0 Å². The summed E-state index contributed by atoms with van der Waals surface area (Å²) >= 11 is 0. The molecule has 3 aromatic rings. The van der Waals surface area contributed by atoms with Crippen molar-refractivity contribution in [1.29, 1.82) is 0 Å². The molecule has 0 aromatic heterocycles. The van der Waals surface area contributed by atoms with Gasteiger partial charge in [-0.05, 0) is 18.2 Å². The SMILES string of the molecule is Nc1ccccc1C(=NNc1ccccc1)c1ccccc1. The van der Waals surface area contributed by atoms with Crippen molar-refractivity contribution in [2.75, 3.05) is 11.2 Å². The fraction of sp³-hybridized carbons (Fsp3) is 0. The summed E-state index contributed by atoms with van der Waals surface area (Å²) < 4.78 is 0. The molecule has 3 nitrogen and oxygen atoms in total. The summed E-state index contributed by atoms with van der Waals surface area (Å²) in [4.78, 5) is 0. The molecule has 0 unspecified atom stereocenters. The molecule has 0 aliphatic heterocycles. The summed E-state index contributed by atoms with van der Waals surface area (Å²) in [7, 11) is 0. The van der Waals surface area contributed by atoms with Crippen LogP contribution in [0, 0.1) is 0 Å². The third-order valence-electron chi connectivity index (χ3n) is 3.33. The standard InChI is InChI=1S/C19H17N3/c20-18-14-8-7-13-17(18)19(15-9-3-1-4-10-15)22-21-16-11-5-2-6-12-16/h1-14,21H,20H2. The van der Waals surface area contributed by atoms with E-state index in [4.69, 9.17) is 5.73 Å². The molecule has 108 valence electrons. The van der Waals surface area contributed by atoms with E-state index >= 15 is 0 Å². The Kier molecular flexibility index (Phi) is 4.16. The number of para-hydroxylation sites is 2. The Bertz CT molecular complexity index is 765. The molecule has 0 heterocycles. The van der Waals surface area contributed by atoms with Gasteiger partial charge in [-0.25, -0.2) is 0 Å². The smallest absolute Gasteiger partial charge is 0.0998 e. The fourth-order valence-electron chi connectivity index (χ4n) is 2.22. The quantitative estimate of drug-likeness (QED) is 0.430. The van der Waals surface area contributed by atoms with Gasteiger partial charge in [0.1, 0.15) is 0 Å². The molecule has 0 saturated heterocycles. The van der Waals surface area contributed by atoms with E-state index in [9.17, 15) is 0 Å². The molecular weight excluding hydrogens is 270 g/mol. The van der Waals surface area contributed by atoms with Gasteiger partial charge in [-0.1, -0.05) is 66.7 Å². The minimum absolute atomic E-state index is 0.708. The van der Waals surface area contributed by atoms with E-state index < -0.39 is 0 Å². The number of anilines is 2. The molecule has 0 fully saturated rings. The summed E-state index contributed by atoms with van der Waals surface area (Å²) in [6.45, 7) is 0. The number of hydrazone groups is 1. The largest absolute Gasteiger partial charge is 0.398 e. The number of nitrogens with two attached hydrogens (primary N) is 1. The minimum Gasteiger partial charge on any atom is -0.398 e. The molecule has 0 aliphatic carbocycles. The Hall–Kier alpha value is -3.07. The van der Waals surface area contributed by atoms with E-state index in [2.05, 4.69) is 10.5 Å². The van der Waals surface area contributed by atoms with Gasteiger partial charge in [-0.2, -0.15) is 5.10 Å². The van der Waals surface area contributed by atoms with E-state index in [1.807, 2.05) is 84.9 Å². The zero-order chi connectivity index (χ0) is 15.2. The van der Waals surface area contributed by atoms with Crippen LogP contribution >= 0.6 is 0 Å². The Morgan fingerprint density at radius 3 is 2.00 bits per heavy atom. The molecule has 0 amide bonds. The zero-order valence-corrected chi connectivity index (χ0v) is 12.1. The first-order chi connectivity index (χ1) is 10.8. The summed E-state index contributed by atoms with van der Waals surface area (Å²) in [6.07, 6.45) is 0. The lowest BCUT2D eigenvalue weighted by atomic mass is 10.0. The number of rotatable bonds is 4. The van der Waals surface area contributed by atoms with Crippen molar-refractivity contribution in [3.63, 3.8) is 0 Å². The van der Waals surface area contributed by atoms with Gasteiger partial charge in [0, 0.05) is 16.8 Å². The van der Waals surface area contributed by atoms with Gasteiger partial charge in [-0.15, -0.1) is 0 Å². The van der Waals surface area contributed by atoms with Gasteiger partial charge in [0.2, 0.25) is 0 Å². The summed E-state index contributed by atoms with van der Waals surface area (Å²) in [5, 5.41) is 4.58. The van der Waals surface area contributed by atoms with Crippen LogP contribution < -0.4 is 11.2 Å². The van der Waals surface area contributed by atoms with Crippen LogP contribution in [0.5, 0.6) is 0 Å². The summed E-state index contributed by atoms with van der Waals surface area (Å²) in [6, 6.07) is 27.6. The number of hydrogen-bond donors (Lipinski definition) is 2. The lowest BCUT2D eigenvalue weighted by Crippen LogP contribution is -2.09. The number of nitrogens with one attached hydrogen (secondary N) is 1. The monoisotopic (exact) mass is 287 g/mol. The van der Waals surface area contributed by atoms with Crippen LogP contribution in [-0.2, 0) is 0 Å². The summed E-state index contributed by atoms with van der Waals surface area (Å²) in [5.74, 6) is 0. The molecule has 0 aliphatic rings. The zero-order valence-electron chi connectivity index (χ0n) is 12.1. The number of nitrogens with zero attached hydrogens (tertiary/aromatic N) is 1. The van der Waals surface area contributed by atoms with Gasteiger partial charge in [0.25, 0.3) is 0 Å². The second kappa shape index (κ2) is 6.59. The third kappa shape index (κ3) is 3.15. The van der Waals surface area contributed by atoms with E-state index in [0.29, 0.717) is 5.69 Å². The van der Waals surface area contributed by atoms with Crippen LogP contribution in [0.25, 0.3) is 0 Å². The second-order valence-corrected chi connectivity index (χ2v) is 4.89. The predicted molar refractivity (Wildman–Crippen MR) is 93.0 cm³/mol. The van der Waals surface area contributed by atoms with Crippen LogP contribution in [-0.4, -0.2) is 5.71 Å². The molecule has 0 spiro atoms.